The summed E-state index contributed by atoms with van der Waals surface area (Å²) in [5, 5.41) is 7.82. The lowest BCUT2D eigenvalue weighted by atomic mass is 10.1. The fourth-order valence-electron chi connectivity index (χ4n) is 4.64. The van der Waals surface area contributed by atoms with E-state index < -0.39 is 22.9 Å². The fourth-order valence-corrected chi connectivity index (χ4v) is 5.67. The molecule has 5 rings (SSSR count). The Kier molecular flexibility index (Phi) is 11.2. The highest BCUT2D eigenvalue weighted by Crippen LogP contribution is 2.37. The minimum Gasteiger partial charge on any atom is -0.493 e. The van der Waals surface area contributed by atoms with Gasteiger partial charge in [-0.05, 0) is 90.0 Å². The van der Waals surface area contributed by atoms with Gasteiger partial charge in [0.05, 0.1) is 14.2 Å². The molecule has 0 aliphatic rings. The molecule has 0 heterocycles. The number of carbonyl (C=O) groups excluding carboxylic acids is 3. The molecule has 1 atom stereocenters. The van der Waals surface area contributed by atoms with Crippen molar-refractivity contribution < 1.29 is 28.2 Å². The second kappa shape index (κ2) is 16.1. The molecule has 0 saturated carbocycles. The second-order valence-corrected chi connectivity index (χ2v) is 11.6. The number of rotatable bonds is 12. The van der Waals surface area contributed by atoms with Crippen molar-refractivity contribution in [1.82, 2.24) is 5.32 Å². The number of benzene rings is 5. The van der Waals surface area contributed by atoms with E-state index in [0.717, 1.165) is 10.5 Å². The Morgan fingerprint density at radius 1 is 0.708 bits per heavy atom. The number of hydrogen-bond acceptors (Lipinski definition) is 6. The van der Waals surface area contributed by atoms with Gasteiger partial charge in [0.15, 0.2) is 11.5 Å². The monoisotopic (exact) mass is 661 g/mol. The number of ether oxygens (including phenoxy) is 2. The summed E-state index contributed by atoms with van der Waals surface area (Å²) < 4.78 is 24.1. The molecule has 5 aromatic carbocycles. The summed E-state index contributed by atoms with van der Waals surface area (Å²) in [6, 6.07) is 35.6. The molecule has 0 radical (unpaired) electrons. The highest BCUT2D eigenvalue weighted by atomic mass is 32.2. The molecule has 0 fully saturated rings. The first kappa shape index (κ1) is 33.5. The molecule has 10 heteroatoms. The average Bonchev–Trinajstić information content (AvgIpc) is 3.12. The van der Waals surface area contributed by atoms with Crippen LogP contribution < -0.4 is 25.4 Å². The fraction of sp³-hybridized carbons (Fsp3) is 0.0789. The first-order valence-corrected chi connectivity index (χ1v) is 15.7. The lowest BCUT2D eigenvalue weighted by Gasteiger charge is -2.17. The van der Waals surface area contributed by atoms with Crippen molar-refractivity contribution in [3.8, 4) is 11.5 Å². The van der Waals surface area contributed by atoms with Crippen LogP contribution in [0.15, 0.2) is 138 Å². The maximum absolute atomic E-state index is 13.6. The van der Waals surface area contributed by atoms with Gasteiger partial charge in [0.25, 0.3) is 11.8 Å². The third-order valence-electron chi connectivity index (χ3n) is 7.07. The molecule has 3 amide bonds. The third-order valence-corrected chi connectivity index (χ3v) is 8.33. The van der Waals surface area contributed by atoms with Crippen molar-refractivity contribution >= 4 is 46.9 Å². The van der Waals surface area contributed by atoms with E-state index in [2.05, 4.69) is 16.0 Å². The smallest absolute Gasteiger partial charge is 0.272 e. The van der Waals surface area contributed by atoms with Gasteiger partial charge in [-0.3, -0.25) is 14.4 Å². The van der Waals surface area contributed by atoms with Crippen molar-refractivity contribution in [1.29, 1.82) is 0 Å². The highest BCUT2D eigenvalue weighted by molar-refractivity contribution is 8.00. The zero-order valence-electron chi connectivity index (χ0n) is 26.1. The molecule has 8 nitrogen and oxygen atoms in total. The number of halogens is 1. The molecule has 0 aromatic heterocycles. The molecule has 0 aliphatic carbocycles. The van der Waals surface area contributed by atoms with Crippen LogP contribution in [0.25, 0.3) is 6.08 Å². The number of amides is 3. The van der Waals surface area contributed by atoms with E-state index in [0.29, 0.717) is 34.0 Å². The first-order chi connectivity index (χ1) is 23.3. The van der Waals surface area contributed by atoms with Crippen molar-refractivity contribution in [2.75, 3.05) is 24.9 Å². The largest absolute Gasteiger partial charge is 0.493 e. The van der Waals surface area contributed by atoms with Gasteiger partial charge in [0.1, 0.15) is 16.8 Å². The SMILES string of the molecule is COc1ccc(/C=C(\NC(=O)c2ccccc2)C(=O)Nc2ccc(SC(C(=O)Nc3ccc(F)cc3)c3ccccc3)cc2)cc1OC. The Labute approximate surface area is 282 Å². The van der Waals surface area contributed by atoms with Crippen LogP contribution in [0.4, 0.5) is 15.8 Å². The van der Waals surface area contributed by atoms with Gasteiger partial charge >= 0.3 is 0 Å². The summed E-state index contributed by atoms with van der Waals surface area (Å²) >= 11 is 1.33. The number of anilines is 2. The van der Waals surface area contributed by atoms with Gasteiger partial charge in [0.2, 0.25) is 5.91 Å². The summed E-state index contributed by atoms with van der Waals surface area (Å²) in [5.41, 5.74) is 2.75. The molecular formula is C38H32FN3O5S. The molecule has 48 heavy (non-hydrogen) atoms. The van der Waals surface area contributed by atoms with Crippen LogP contribution >= 0.6 is 11.8 Å². The van der Waals surface area contributed by atoms with Crippen LogP contribution in [-0.4, -0.2) is 31.9 Å². The van der Waals surface area contributed by atoms with Crippen LogP contribution in [0.3, 0.4) is 0 Å². The zero-order valence-corrected chi connectivity index (χ0v) is 26.9. The number of hydrogen-bond donors (Lipinski definition) is 3. The molecule has 3 N–H and O–H groups in total. The highest BCUT2D eigenvalue weighted by Gasteiger charge is 2.23. The number of methoxy groups -OCH3 is 2. The zero-order chi connectivity index (χ0) is 33.9. The van der Waals surface area contributed by atoms with Gasteiger partial charge in [-0.2, -0.15) is 0 Å². The Morgan fingerprint density at radius 3 is 1.96 bits per heavy atom. The molecule has 242 valence electrons. The average molecular weight is 662 g/mol. The Morgan fingerprint density at radius 2 is 1.31 bits per heavy atom. The van der Waals surface area contributed by atoms with Crippen LogP contribution in [0, 0.1) is 5.82 Å². The molecule has 0 spiro atoms. The van der Waals surface area contributed by atoms with Crippen molar-refractivity contribution in [3.05, 3.63) is 156 Å². The lowest BCUT2D eigenvalue weighted by Crippen LogP contribution is -2.30. The van der Waals surface area contributed by atoms with Gasteiger partial charge in [-0.15, -0.1) is 11.8 Å². The van der Waals surface area contributed by atoms with Crippen LogP contribution in [-0.2, 0) is 9.59 Å². The topological polar surface area (TPSA) is 106 Å². The van der Waals surface area contributed by atoms with Crippen LogP contribution in [0.5, 0.6) is 11.5 Å². The van der Waals surface area contributed by atoms with E-state index in [1.54, 1.807) is 78.9 Å². The normalized spacial score (nSPS) is 11.6. The van der Waals surface area contributed by atoms with E-state index >= 15 is 0 Å². The van der Waals surface area contributed by atoms with E-state index in [4.69, 9.17) is 9.47 Å². The summed E-state index contributed by atoms with van der Waals surface area (Å²) in [6.45, 7) is 0. The number of thioether (sulfide) groups is 1. The van der Waals surface area contributed by atoms with Gasteiger partial charge in [-0.25, -0.2) is 4.39 Å². The molecular weight excluding hydrogens is 629 g/mol. The van der Waals surface area contributed by atoms with Crippen LogP contribution in [0.2, 0.25) is 0 Å². The predicted octanol–water partition coefficient (Wildman–Crippen LogP) is 7.72. The Bertz CT molecular complexity index is 1900. The maximum atomic E-state index is 13.6. The van der Waals surface area contributed by atoms with Crippen molar-refractivity contribution in [3.63, 3.8) is 0 Å². The first-order valence-electron chi connectivity index (χ1n) is 14.8. The number of carbonyl (C=O) groups is 3. The van der Waals surface area contributed by atoms with E-state index in [9.17, 15) is 18.8 Å². The predicted molar refractivity (Wildman–Crippen MR) is 187 cm³/mol. The third kappa shape index (κ3) is 8.89. The van der Waals surface area contributed by atoms with E-state index in [1.807, 2.05) is 30.3 Å². The number of nitrogens with one attached hydrogen (secondary N) is 3. The summed E-state index contributed by atoms with van der Waals surface area (Å²) in [4.78, 5) is 40.7. The molecule has 1 unspecified atom stereocenters. The Balaban J connectivity index is 1.35. The lowest BCUT2D eigenvalue weighted by molar-refractivity contribution is -0.116. The van der Waals surface area contributed by atoms with Gasteiger partial charge < -0.3 is 25.4 Å². The van der Waals surface area contributed by atoms with E-state index in [-0.39, 0.29) is 11.6 Å². The molecule has 5 aromatic rings. The minimum atomic E-state index is -0.610. The summed E-state index contributed by atoms with van der Waals surface area (Å²) in [6.07, 6.45) is 1.55. The second-order valence-electron chi connectivity index (χ2n) is 10.4. The molecule has 0 bridgehead atoms. The summed E-state index contributed by atoms with van der Waals surface area (Å²) in [5.74, 6) is -0.668. The van der Waals surface area contributed by atoms with Crippen molar-refractivity contribution in [2.45, 2.75) is 10.1 Å². The standard InChI is InChI=1S/C38H32FN3O5S/c1-46-33-22-13-25(24-34(33)47-2)23-32(42-36(43)27-11-7-4-8-12-27)37(44)40-30-18-20-31(21-19-30)48-35(26-9-5-3-6-10-26)38(45)41-29-16-14-28(39)15-17-29/h3-24,35H,1-2H3,(H,40,44)(H,41,45)(H,42,43)/b32-23-. The molecule has 0 aliphatic heterocycles. The van der Waals surface area contributed by atoms with Crippen LogP contribution in [0.1, 0.15) is 26.7 Å². The maximum Gasteiger partial charge on any atom is 0.272 e. The quantitative estimate of drug-likeness (QED) is 0.0934. The summed E-state index contributed by atoms with van der Waals surface area (Å²) in [7, 11) is 3.04. The molecule has 0 saturated heterocycles. The Hall–Kier alpha value is -5.87. The van der Waals surface area contributed by atoms with Gasteiger partial charge in [0, 0.05) is 21.8 Å². The van der Waals surface area contributed by atoms with Gasteiger partial charge in [-0.1, -0.05) is 54.6 Å². The van der Waals surface area contributed by atoms with Crippen molar-refractivity contribution in [2.24, 2.45) is 0 Å². The van der Waals surface area contributed by atoms with E-state index in [1.165, 1.54) is 50.2 Å². The minimum absolute atomic E-state index is 0.0103.